The molecular weight excluding hydrogens is 474 g/mol. The standard InChI is InChI=1S/C27H21N5O5/c1-31-14-28-21-8-6-19(10-20(21)27(31)34)23-12-22(18-7-9-24-25(11-18)37-15-36-24)29-32(23)13-16-2-4-17(5-3-16)26(33)30-35/h2-12,14,35H,13,15H2,1H3,(H,30,33). The maximum absolute atomic E-state index is 12.8. The van der Waals surface area contributed by atoms with Gasteiger partial charge in [-0.2, -0.15) is 5.10 Å². The largest absolute Gasteiger partial charge is 0.454 e. The third-order valence-electron chi connectivity index (χ3n) is 6.31. The maximum Gasteiger partial charge on any atom is 0.274 e. The Morgan fingerprint density at radius 1 is 1.00 bits per heavy atom. The number of carbonyl (C=O) groups is 1. The quantitative estimate of drug-likeness (QED) is 0.283. The summed E-state index contributed by atoms with van der Waals surface area (Å²) in [7, 11) is 1.67. The average molecular weight is 495 g/mol. The molecule has 10 nitrogen and oxygen atoms in total. The Labute approximate surface area is 210 Å². The van der Waals surface area contributed by atoms with E-state index in [1.54, 1.807) is 36.8 Å². The Bertz CT molecular complexity index is 1720. The molecule has 6 rings (SSSR count). The number of carbonyl (C=O) groups excluding carboxylic acids is 1. The van der Waals surface area contributed by atoms with Gasteiger partial charge in [0, 0.05) is 23.7 Å². The summed E-state index contributed by atoms with van der Waals surface area (Å²) in [6.45, 7) is 0.590. The first-order valence-corrected chi connectivity index (χ1v) is 11.5. The Balaban J connectivity index is 1.45. The van der Waals surface area contributed by atoms with Crippen molar-refractivity contribution in [3.05, 3.63) is 94.5 Å². The van der Waals surface area contributed by atoms with Gasteiger partial charge in [-0.05, 0) is 54.1 Å². The van der Waals surface area contributed by atoms with Crippen molar-refractivity contribution in [1.82, 2.24) is 24.8 Å². The lowest BCUT2D eigenvalue weighted by atomic mass is 10.1. The smallest absolute Gasteiger partial charge is 0.274 e. The van der Waals surface area contributed by atoms with Crippen LogP contribution in [0.15, 0.2) is 77.9 Å². The summed E-state index contributed by atoms with van der Waals surface area (Å²) in [6.07, 6.45) is 1.51. The number of nitrogens with one attached hydrogen (secondary N) is 1. The van der Waals surface area contributed by atoms with Crippen LogP contribution in [-0.2, 0) is 13.6 Å². The summed E-state index contributed by atoms with van der Waals surface area (Å²) in [5.41, 5.74) is 6.56. The normalized spacial score (nSPS) is 12.2. The number of ether oxygens (including phenoxy) is 2. The molecule has 3 aromatic carbocycles. The minimum absolute atomic E-state index is 0.133. The van der Waals surface area contributed by atoms with Gasteiger partial charge in [0.25, 0.3) is 11.5 Å². The Morgan fingerprint density at radius 2 is 1.78 bits per heavy atom. The van der Waals surface area contributed by atoms with Crippen LogP contribution in [0.5, 0.6) is 11.5 Å². The molecule has 0 atom stereocenters. The second-order valence-electron chi connectivity index (χ2n) is 8.67. The highest BCUT2D eigenvalue weighted by Gasteiger charge is 2.18. The van der Waals surface area contributed by atoms with Gasteiger partial charge in [-0.1, -0.05) is 18.2 Å². The van der Waals surface area contributed by atoms with E-state index in [1.807, 2.05) is 47.1 Å². The fourth-order valence-electron chi connectivity index (χ4n) is 4.34. The van der Waals surface area contributed by atoms with E-state index >= 15 is 0 Å². The minimum Gasteiger partial charge on any atom is -0.454 e. The van der Waals surface area contributed by atoms with Crippen molar-refractivity contribution in [3.63, 3.8) is 0 Å². The lowest BCUT2D eigenvalue weighted by molar-refractivity contribution is 0.0706. The zero-order chi connectivity index (χ0) is 25.5. The number of hydrogen-bond donors (Lipinski definition) is 2. The molecule has 1 amide bonds. The van der Waals surface area contributed by atoms with Crippen molar-refractivity contribution in [2.45, 2.75) is 6.54 Å². The Kier molecular flexibility index (Phi) is 5.42. The predicted octanol–water partition coefficient (Wildman–Crippen LogP) is 3.36. The summed E-state index contributed by atoms with van der Waals surface area (Å²) >= 11 is 0. The lowest BCUT2D eigenvalue weighted by Gasteiger charge is -2.09. The fourth-order valence-corrected chi connectivity index (χ4v) is 4.34. The topological polar surface area (TPSA) is 120 Å². The molecule has 184 valence electrons. The highest BCUT2D eigenvalue weighted by Crippen LogP contribution is 2.37. The van der Waals surface area contributed by atoms with Crippen molar-refractivity contribution in [2.24, 2.45) is 7.05 Å². The van der Waals surface area contributed by atoms with Gasteiger partial charge in [-0.25, -0.2) is 10.5 Å². The molecule has 0 spiro atoms. The van der Waals surface area contributed by atoms with Gasteiger partial charge >= 0.3 is 0 Å². The van der Waals surface area contributed by atoms with Crippen molar-refractivity contribution in [2.75, 3.05) is 6.79 Å². The summed E-state index contributed by atoms with van der Waals surface area (Å²) in [5.74, 6) is 0.766. The van der Waals surface area contributed by atoms with Gasteiger partial charge in [-0.15, -0.1) is 0 Å². The van der Waals surface area contributed by atoms with Gasteiger partial charge in [0.1, 0.15) is 0 Å². The molecule has 0 saturated carbocycles. The van der Waals surface area contributed by atoms with Crippen molar-refractivity contribution < 1.29 is 19.5 Å². The number of aromatic nitrogens is 4. The summed E-state index contributed by atoms with van der Waals surface area (Å²) in [4.78, 5) is 28.8. The molecule has 5 aromatic rings. The molecule has 10 heteroatoms. The highest BCUT2D eigenvalue weighted by molar-refractivity contribution is 5.93. The van der Waals surface area contributed by atoms with E-state index in [2.05, 4.69) is 4.98 Å². The number of hydrogen-bond acceptors (Lipinski definition) is 7. The van der Waals surface area contributed by atoms with Crippen LogP contribution in [0.4, 0.5) is 0 Å². The molecule has 37 heavy (non-hydrogen) atoms. The van der Waals surface area contributed by atoms with E-state index in [0.717, 1.165) is 28.1 Å². The number of aryl methyl sites for hydroxylation is 1. The number of hydroxylamine groups is 1. The highest BCUT2D eigenvalue weighted by atomic mass is 16.7. The fraction of sp³-hybridized carbons (Fsp3) is 0.111. The third kappa shape index (κ3) is 4.09. The molecule has 0 fully saturated rings. The predicted molar refractivity (Wildman–Crippen MR) is 135 cm³/mol. The first-order chi connectivity index (χ1) is 18.0. The van der Waals surface area contributed by atoms with Crippen LogP contribution in [0, 0.1) is 0 Å². The first-order valence-electron chi connectivity index (χ1n) is 11.5. The van der Waals surface area contributed by atoms with Gasteiger partial charge < -0.3 is 14.0 Å². The Morgan fingerprint density at radius 3 is 2.59 bits per heavy atom. The molecule has 0 radical (unpaired) electrons. The van der Waals surface area contributed by atoms with Gasteiger partial charge in [0.05, 0.1) is 35.2 Å². The molecule has 2 N–H and O–H groups in total. The van der Waals surface area contributed by atoms with E-state index in [-0.39, 0.29) is 12.4 Å². The van der Waals surface area contributed by atoms with E-state index in [9.17, 15) is 9.59 Å². The van der Waals surface area contributed by atoms with Crippen LogP contribution < -0.4 is 20.5 Å². The van der Waals surface area contributed by atoms with Crippen molar-refractivity contribution in [1.29, 1.82) is 0 Å². The first kappa shape index (κ1) is 22.5. The molecular formula is C27H21N5O5. The Hall–Kier alpha value is -4.96. The number of benzene rings is 3. The molecule has 0 saturated heterocycles. The number of nitrogens with zero attached hydrogens (tertiary/aromatic N) is 4. The molecule has 0 bridgehead atoms. The minimum atomic E-state index is -0.581. The van der Waals surface area contributed by atoms with Gasteiger partial charge in [0.2, 0.25) is 6.79 Å². The van der Waals surface area contributed by atoms with Gasteiger partial charge in [-0.3, -0.25) is 19.5 Å². The SMILES string of the molecule is Cn1cnc2ccc(-c3cc(-c4ccc5c(c4)OCO5)nn3Cc3ccc(C(=O)NO)cc3)cc2c1=O. The monoisotopic (exact) mass is 495 g/mol. The van der Waals surface area contributed by atoms with Crippen LogP contribution in [0.25, 0.3) is 33.4 Å². The van der Waals surface area contributed by atoms with Crippen LogP contribution in [0.1, 0.15) is 15.9 Å². The molecule has 3 heterocycles. The zero-order valence-corrected chi connectivity index (χ0v) is 19.7. The summed E-state index contributed by atoms with van der Waals surface area (Å²) < 4.78 is 14.3. The molecule has 0 aliphatic carbocycles. The lowest BCUT2D eigenvalue weighted by Crippen LogP contribution is -2.18. The van der Waals surface area contributed by atoms with Crippen molar-refractivity contribution >= 4 is 16.8 Å². The zero-order valence-electron chi connectivity index (χ0n) is 19.7. The van der Waals surface area contributed by atoms with E-state index in [1.165, 1.54) is 10.9 Å². The number of rotatable bonds is 5. The third-order valence-corrected chi connectivity index (χ3v) is 6.31. The second kappa shape index (κ2) is 8.92. The summed E-state index contributed by atoms with van der Waals surface area (Å²) in [5, 5.41) is 14.3. The second-order valence-corrected chi connectivity index (χ2v) is 8.67. The van der Waals surface area contributed by atoms with E-state index in [4.69, 9.17) is 19.8 Å². The molecule has 1 aliphatic rings. The van der Waals surface area contributed by atoms with E-state index in [0.29, 0.717) is 34.5 Å². The van der Waals surface area contributed by atoms with E-state index < -0.39 is 5.91 Å². The average Bonchev–Trinajstić information content (AvgIpc) is 3.57. The van der Waals surface area contributed by atoms with Crippen molar-refractivity contribution in [3.8, 4) is 34.0 Å². The number of fused-ring (bicyclic) bond motifs is 2. The van der Waals surface area contributed by atoms with Crippen LogP contribution in [0.3, 0.4) is 0 Å². The van der Waals surface area contributed by atoms with Crippen LogP contribution >= 0.6 is 0 Å². The van der Waals surface area contributed by atoms with Crippen LogP contribution in [-0.4, -0.2) is 37.2 Å². The molecule has 1 aliphatic heterocycles. The summed E-state index contributed by atoms with van der Waals surface area (Å²) in [6, 6.07) is 20.1. The van der Waals surface area contributed by atoms with Gasteiger partial charge in [0.15, 0.2) is 11.5 Å². The maximum atomic E-state index is 12.8. The molecule has 2 aromatic heterocycles. The molecule has 0 unspecified atom stereocenters. The number of amides is 1. The van der Waals surface area contributed by atoms with Crippen LogP contribution in [0.2, 0.25) is 0 Å².